The van der Waals surface area contributed by atoms with E-state index in [1.165, 1.54) is 11.1 Å². The fourth-order valence-corrected chi connectivity index (χ4v) is 3.17. The summed E-state index contributed by atoms with van der Waals surface area (Å²) in [6.07, 6.45) is 3.05. The van der Waals surface area contributed by atoms with Crippen LogP contribution < -0.4 is 0 Å². The van der Waals surface area contributed by atoms with Gasteiger partial charge in [-0.15, -0.1) is 0 Å². The molecular weight excluding hydrogens is 307 g/mol. The number of halogens is 1. The summed E-state index contributed by atoms with van der Waals surface area (Å²) in [5.41, 5.74) is 7.66. The Balaban J connectivity index is 3.66. The van der Waals surface area contributed by atoms with Crippen LogP contribution in [0.25, 0.3) is 11.1 Å². The van der Waals surface area contributed by atoms with Crippen LogP contribution in [-0.4, -0.2) is 0 Å². The van der Waals surface area contributed by atoms with Gasteiger partial charge < -0.3 is 0 Å². The van der Waals surface area contributed by atoms with Crippen LogP contribution in [0.15, 0.2) is 36.4 Å². The Morgan fingerprint density at radius 3 is 2.20 bits per heavy atom. The molecule has 138 valence electrons. The smallest absolute Gasteiger partial charge is 0.124 e. The van der Waals surface area contributed by atoms with Crippen LogP contribution >= 0.6 is 0 Å². The molecule has 0 fully saturated rings. The van der Waals surface area contributed by atoms with Gasteiger partial charge in [0.15, 0.2) is 0 Å². The summed E-state index contributed by atoms with van der Waals surface area (Å²) in [6, 6.07) is 3.27. The maximum Gasteiger partial charge on any atom is 0.124 e. The highest BCUT2D eigenvalue weighted by atomic mass is 19.1. The normalized spacial score (nSPS) is 13.6. The lowest BCUT2D eigenvalue weighted by Gasteiger charge is -2.24. The van der Waals surface area contributed by atoms with Crippen molar-refractivity contribution in [1.29, 1.82) is 0 Å². The molecule has 0 aliphatic carbocycles. The minimum Gasteiger partial charge on any atom is -0.207 e. The first-order chi connectivity index (χ1) is 11.6. The van der Waals surface area contributed by atoms with Crippen molar-refractivity contribution in [2.75, 3.05) is 0 Å². The van der Waals surface area contributed by atoms with Crippen molar-refractivity contribution in [3.05, 3.63) is 58.9 Å². The van der Waals surface area contributed by atoms with Crippen molar-refractivity contribution >= 4 is 11.1 Å². The van der Waals surface area contributed by atoms with Crippen LogP contribution in [0.4, 0.5) is 4.39 Å². The summed E-state index contributed by atoms with van der Waals surface area (Å²) in [5, 5.41) is 0. The maximum atomic E-state index is 14.2. The molecule has 1 aromatic carbocycles. The summed E-state index contributed by atoms with van der Waals surface area (Å²) in [5.74, 6) is 0.662. The molecule has 25 heavy (non-hydrogen) atoms. The van der Waals surface area contributed by atoms with Gasteiger partial charge in [0.05, 0.1) is 0 Å². The Kier molecular flexibility index (Phi) is 7.86. The molecule has 1 rings (SSSR count). The van der Waals surface area contributed by atoms with Gasteiger partial charge in [-0.05, 0) is 84.1 Å². The fraction of sp³-hybridized carbons (Fsp3) is 0.500. The average molecular weight is 343 g/mol. The summed E-state index contributed by atoms with van der Waals surface area (Å²) >= 11 is 0. The quantitative estimate of drug-likeness (QED) is 0.420. The lowest BCUT2D eigenvalue weighted by Crippen LogP contribution is -2.06. The molecule has 0 amide bonds. The predicted octanol–water partition coefficient (Wildman–Crippen LogP) is 7.98. The second-order valence-corrected chi connectivity index (χ2v) is 7.66. The van der Waals surface area contributed by atoms with Crippen LogP contribution in [0.2, 0.25) is 0 Å². The lowest BCUT2D eigenvalue weighted by atomic mass is 9.80. The molecule has 0 bridgehead atoms. The monoisotopic (exact) mass is 342 g/mol. The van der Waals surface area contributed by atoms with E-state index in [-0.39, 0.29) is 11.7 Å². The van der Waals surface area contributed by atoms with E-state index in [1.54, 1.807) is 12.1 Å². The van der Waals surface area contributed by atoms with Crippen molar-refractivity contribution in [2.45, 2.75) is 67.7 Å². The number of allylic oxidation sites excluding steroid dienone is 4. The highest BCUT2D eigenvalue weighted by Gasteiger charge is 2.20. The van der Waals surface area contributed by atoms with Crippen molar-refractivity contribution in [3.63, 3.8) is 0 Å². The van der Waals surface area contributed by atoms with E-state index in [0.717, 1.165) is 47.1 Å². The zero-order chi connectivity index (χ0) is 19.3. The van der Waals surface area contributed by atoms with Gasteiger partial charge >= 0.3 is 0 Å². The highest BCUT2D eigenvalue weighted by molar-refractivity contribution is 5.89. The Labute approximate surface area is 154 Å². The van der Waals surface area contributed by atoms with Crippen LogP contribution in [-0.2, 0) is 0 Å². The minimum absolute atomic E-state index is 0.195. The van der Waals surface area contributed by atoms with E-state index in [9.17, 15) is 4.39 Å². The van der Waals surface area contributed by atoms with Crippen molar-refractivity contribution in [1.82, 2.24) is 0 Å². The number of hydrogen-bond acceptors (Lipinski definition) is 0. The molecule has 1 heteroatoms. The van der Waals surface area contributed by atoms with E-state index in [0.29, 0.717) is 5.92 Å². The number of rotatable bonds is 8. The van der Waals surface area contributed by atoms with Gasteiger partial charge in [0.25, 0.3) is 0 Å². The van der Waals surface area contributed by atoms with Crippen molar-refractivity contribution < 1.29 is 4.39 Å². The topological polar surface area (TPSA) is 0 Å². The molecule has 1 aromatic rings. The first-order valence-electron chi connectivity index (χ1n) is 9.51. The number of benzene rings is 1. The molecule has 0 heterocycles. The van der Waals surface area contributed by atoms with E-state index < -0.39 is 0 Å². The summed E-state index contributed by atoms with van der Waals surface area (Å²) in [7, 11) is 0. The first kappa shape index (κ1) is 21.4. The molecule has 0 nitrogen and oxygen atoms in total. The Bertz CT molecular complexity index is 674. The van der Waals surface area contributed by atoms with E-state index in [4.69, 9.17) is 0 Å². The van der Waals surface area contributed by atoms with E-state index in [2.05, 4.69) is 54.7 Å². The molecule has 1 unspecified atom stereocenters. The molecule has 0 aliphatic heterocycles. The SMILES string of the molecule is C=C(CC(C)CC)/C(=C(/C)CC)c1c(C)cc(F)cc1C(=C)C(C)C. The highest BCUT2D eigenvalue weighted by Crippen LogP contribution is 2.39. The Morgan fingerprint density at radius 2 is 1.72 bits per heavy atom. The van der Waals surface area contributed by atoms with Crippen LogP contribution in [0, 0.1) is 24.6 Å². The maximum absolute atomic E-state index is 14.2. The van der Waals surface area contributed by atoms with E-state index >= 15 is 0 Å². The molecule has 0 spiro atoms. The van der Waals surface area contributed by atoms with Gasteiger partial charge in [-0.2, -0.15) is 0 Å². The molecule has 0 saturated carbocycles. The minimum atomic E-state index is -0.195. The van der Waals surface area contributed by atoms with Crippen LogP contribution in [0.1, 0.15) is 77.5 Å². The number of hydrogen-bond donors (Lipinski definition) is 0. The third kappa shape index (κ3) is 5.17. The zero-order valence-corrected chi connectivity index (χ0v) is 17.2. The summed E-state index contributed by atoms with van der Waals surface area (Å²) < 4.78 is 14.2. The van der Waals surface area contributed by atoms with Crippen molar-refractivity contribution in [2.24, 2.45) is 11.8 Å². The van der Waals surface area contributed by atoms with Gasteiger partial charge in [0, 0.05) is 0 Å². The third-order valence-electron chi connectivity index (χ3n) is 5.20. The zero-order valence-electron chi connectivity index (χ0n) is 17.2. The molecule has 0 aromatic heterocycles. The molecule has 1 atom stereocenters. The molecule has 0 saturated heterocycles. The second kappa shape index (κ2) is 9.17. The molecular formula is C24H35F. The molecule has 0 radical (unpaired) electrons. The average Bonchev–Trinajstić information content (AvgIpc) is 2.55. The second-order valence-electron chi connectivity index (χ2n) is 7.66. The van der Waals surface area contributed by atoms with Gasteiger partial charge in [0.2, 0.25) is 0 Å². The van der Waals surface area contributed by atoms with Crippen LogP contribution in [0.5, 0.6) is 0 Å². The fourth-order valence-electron chi connectivity index (χ4n) is 3.17. The summed E-state index contributed by atoms with van der Waals surface area (Å²) in [4.78, 5) is 0. The first-order valence-corrected chi connectivity index (χ1v) is 9.51. The largest absolute Gasteiger partial charge is 0.207 e. The predicted molar refractivity (Wildman–Crippen MR) is 111 cm³/mol. The van der Waals surface area contributed by atoms with Gasteiger partial charge in [-0.1, -0.05) is 59.8 Å². The van der Waals surface area contributed by atoms with Gasteiger partial charge in [-0.25, -0.2) is 4.39 Å². The standard InChI is InChI=1S/C24H35F/c1-10-16(5)12-18(7)23(17(6)11-2)24-19(8)13-21(25)14-22(24)20(9)15(3)4/h13-16H,7,9-12H2,1-6,8H3/b23-17+. The molecule has 0 aliphatic rings. The van der Waals surface area contributed by atoms with Crippen molar-refractivity contribution in [3.8, 4) is 0 Å². The third-order valence-corrected chi connectivity index (χ3v) is 5.20. The van der Waals surface area contributed by atoms with Gasteiger partial charge in [0.1, 0.15) is 5.82 Å². The summed E-state index contributed by atoms with van der Waals surface area (Å²) in [6.45, 7) is 23.7. The van der Waals surface area contributed by atoms with Crippen LogP contribution in [0.3, 0.4) is 0 Å². The number of aryl methyl sites for hydroxylation is 1. The molecule has 0 N–H and O–H groups in total. The Morgan fingerprint density at radius 1 is 1.12 bits per heavy atom. The lowest BCUT2D eigenvalue weighted by molar-refractivity contribution is 0.564. The Hall–Kier alpha value is -1.63. The van der Waals surface area contributed by atoms with Gasteiger partial charge in [-0.3, -0.25) is 0 Å². The van der Waals surface area contributed by atoms with E-state index in [1.807, 2.05) is 6.92 Å².